The summed E-state index contributed by atoms with van der Waals surface area (Å²) in [6, 6.07) is 11.3. The van der Waals surface area contributed by atoms with Gasteiger partial charge >= 0.3 is 6.03 Å². The molecule has 2 aromatic carbocycles. The summed E-state index contributed by atoms with van der Waals surface area (Å²) in [6.45, 7) is 4.51. The molecule has 1 fully saturated rings. The maximum atomic E-state index is 12.2. The molecule has 1 heterocycles. The molecule has 3 rings (SSSR count). The standard InChI is InChI=1S/C21H21BrN2O4/c1-4-24-20(25)17(23-21(24)26)10-15-9-16(22)19(18(11-15)27-3)28-12-14-7-5-13(2)6-8-14/h5-11H,4,12H2,1-3H3,(H,23,26)/b17-10+. The molecule has 0 saturated carbocycles. The van der Waals surface area contributed by atoms with Crippen molar-refractivity contribution in [2.24, 2.45) is 0 Å². The van der Waals surface area contributed by atoms with Crippen LogP contribution in [0.25, 0.3) is 6.08 Å². The van der Waals surface area contributed by atoms with Crippen molar-refractivity contribution in [3.8, 4) is 11.5 Å². The van der Waals surface area contributed by atoms with Gasteiger partial charge in [0.1, 0.15) is 12.3 Å². The Hall–Kier alpha value is -2.80. The van der Waals surface area contributed by atoms with Crippen LogP contribution in [0.4, 0.5) is 4.79 Å². The average molecular weight is 445 g/mol. The fourth-order valence-corrected chi connectivity index (χ4v) is 3.40. The van der Waals surface area contributed by atoms with Crippen LogP contribution in [0.15, 0.2) is 46.6 Å². The zero-order chi connectivity index (χ0) is 20.3. The van der Waals surface area contributed by atoms with Crippen molar-refractivity contribution in [2.75, 3.05) is 13.7 Å². The number of halogens is 1. The quantitative estimate of drug-likeness (QED) is 0.533. The van der Waals surface area contributed by atoms with Crippen molar-refractivity contribution in [1.29, 1.82) is 0 Å². The van der Waals surface area contributed by atoms with Crippen LogP contribution in [-0.4, -0.2) is 30.5 Å². The molecule has 0 radical (unpaired) electrons. The van der Waals surface area contributed by atoms with Crippen LogP contribution in [0.2, 0.25) is 0 Å². The minimum Gasteiger partial charge on any atom is -0.493 e. The van der Waals surface area contributed by atoms with Crippen LogP contribution in [0.5, 0.6) is 11.5 Å². The zero-order valence-electron chi connectivity index (χ0n) is 15.9. The minimum absolute atomic E-state index is 0.231. The summed E-state index contributed by atoms with van der Waals surface area (Å²) in [5.74, 6) is 0.752. The Morgan fingerprint density at radius 3 is 2.50 bits per heavy atom. The lowest BCUT2D eigenvalue weighted by Gasteiger charge is -2.14. The molecule has 6 nitrogen and oxygen atoms in total. The Kier molecular flexibility index (Phi) is 6.04. The van der Waals surface area contributed by atoms with Gasteiger partial charge in [-0.2, -0.15) is 0 Å². The summed E-state index contributed by atoms with van der Waals surface area (Å²) in [7, 11) is 1.55. The number of hydrogen-bond acceptors (Lipinski definition) is 4. The fraction of sp³-hybridized carbons (Fsp3) is 0.238. The van der Waals surface area contributed by atoms with Gasteiger partial charge in [0.2, 0.25) is 0 Å². The summed E-state index contributed by atoms with van der Waals surface area (Å²) in [6.07, 6.45) is 1.62. The summed E-state index contributed by atoms with van der Waals surface area (Å²) in [5.41, 5.74) is 3.17. The predicted octanol–water partition coefficient (Wildman–Crippen LogP) is 4.26. The first-order chi connectivity index (χ1) is 13.4. The second-order valence-corrected chi connectivity index (χ2v) is 7.20. The first-order valence-electron chi connectivity index (χ1n) is 8.83. The van der Waals surface area contributed by atoms with E-state index in [9.17, 15) is 9.59 Å². The van der Waals surface area contributed by atoms with Crippen molar-refractivity contribution in [2.45, 2.75) is 20.5 Å². The van der Waals surface area contributed by atoms with Crippen molar-refractivity contribution >= 4 is 33.9 Å². The summed E-state index contributed by atoms with van der Waals surface area (Å²) >= 11 is 3.51. The normalized spacial score (nSPS) is 15.1. The molecular weight excluding hydrogens is 424 g/mol. The Balaban J connectivity index is 1.83. The molecule has 0 spiro atoms. The first kappa shape index (κ1) is 19.9. The number of imide groups is 1. The largest absolute Gasteiger partial charge is 0.493 e. The third kappa shape index (κ3) is 4.20. The number of carbonyl (C=O) groups excluding carboxylic acids is 2. The van der Waals surface area contributed by atoms with Crippen LogP contribution < -0.4 is 14.8 Å². The predicted molar refractivity (Wildman–Crippen MR) is 110 cm³/mol. The van der Waals surface area contributed by atoms with Crippen LogP contribution >= 0.6 is 15.9 Å². The van der Waals surface area contributed by atoms with E-state index in [0.29, 0.717) is 34.7 Å². The van der Waals surface area contributed by atoms with Crippen molar-refractivity contribution in [1.82, 2.24) is 10.2 Å². The minimum atomic E-state index is -0.414. The van der Waals surface area contributed by atoms with Gasteiger partial charge in [0.15, 0.2) is 11.5 Å². The van der Waals surface area contributed by atoms with E-state index in [2.05, 4.69) is 21.2 Å². The first-order valence-corrected chi connectivity index (χ1v) is 9.62. The highest BCUT2D eigenvalue weighted by Crippen LogP contribution is 2.38. The van der Waals surface area contributed by atoms with E-state index in [0.717, 1.165) is 10.5 Å². The van der Waals surface area contributed by atoms with E-state index in [4.69, 9.17) is 9.47 Å². The van der Waals surface area contributed by atoms with Gasteiger partial charge in [0, 0.05) is 6.54 Å². The average Bonchev–Trinajstić information content (AvgIpc) is 2.94. The van der Waals surface area contributed by atoms with Gasteiger partial charge in [-0.1, -0.05) is 29.8 Å². The number of carbonyl (C=O) groups is 2. The second-order valence-electron chi connectivity index (χ2n) is 6.35. The van der Waals surface area contributed by atoms with Crippen molar-refractivity contribution in [3.63, 3.8) is 0 Å². The topological polar surface area (TPSA) is 67.9 Å². The maximum absolute atomic E-state index is 12.2. The number of hydrogen-bond donors (Lipinski definition) is 1. The van der Waals surface area contributed by atoms with Gasteiger partial charge < -0.3 is 14.8 Å². The number of ether oxygens (including phenoxy) is 2. The molecule has 2 aromatic rings. The Morgan fingerprint density at radius 1 is 1.18 bits per heavy atom. The van der Waals surface area contributed by atoms with Crippen LogP contribution in [-0.2, 0) is 11.4 Å². The highest BCUT2D eigenvalue weighted by atomic mass is 79.9. The van der Waals surface area contributed by atoms with E-state index in [-0.39, 0.29) is 11.6 Å². The van der Waals surface area contributed by atoms with Gasteiger partial charge in [0.25, 0.3) is 5.91 Å². The summed E-state index contributed by atoms with van der Waals surface area (Å²) < 4.78 is 12.1. The van der Waals surface area contributed by atoms with Gasteiger partial charge in [-0.05, 0) is 59.1 Å². The summed E-state index contributed by atoms with van der Waals surface area (Å²) in [4.78, 5) is 25.2. The van der Waals surface area contributed by atoms with E-state index >= 15 is 0 Å². The molecule has 1 saturated heterocycles. The zero-order valence-corrected chi connectivity index (χ0v) is 17.5. The smallest absolute Gasteiger partial charge is 0.328 e. The molecule has 1 aliphatic heterocycles. The number of benzene rings is 2. The number of nitrogens with one attached hydrogen (secondary N) is 1. The van der Waals surface area contributed by atoms with E-state index in [1.54, 1.807) is 26.2 Å². The van der Waals surface area contributed by atoms with Gasteiger partial charge in [0.05, 0.1) is 11.6 Å². The summed E-state index contributed by atoms with van der Waals surface area (Å²) in [5, 5.41) is 2.59. The molecule has 0 bridgehead atoms. The van der Waals surface area contributed by atoms with E-state index in [1.165, 1.54) is 5.56 Å². The molecule has 146 valence electrons. The van der Waals surface area contributed by atoms with Crippen molar-refractivity contribution in [3.05, 3.63) is 63.3 Å². The molecule has 0 aliphatic carbocycles. The van der Waals surface area contributed by atoms with Crippen LogP contribution in [0.3, 0.4) is 0 Å². The van der Waals surface area contributed by atoms with E-state index in [1.807, 2.05) is 37.3 Å². The third-order valence-electron chi connectivity index (χ3n) is 4.35. The molecular formula is C21H21BrN2O4. The Bertz CT molecular complexity index is 938. The lowest BCUT2D eigenvalue weighted by Crippen LogP contribution is -2.30. The number of likely N-dealkylation sites (N-methyl/N-ethyl adjacent to an activating group) is 1. The maximum Gasteiger partial charge on any atom is 0.328 e. The Morgan fingerprint density at radius 2 is 1.89 bits per heavy atom. The molecule has 1 N–H and O–H groups in total. The number of nitrogens with zero attached hydrogens (tertiary/aromatic N) is 1. The number of urea groups is 1. The van der Waals surface area contributed by atoms with E-state index < -0.39 is 6.03 Å². The van der Waals surface area contributed by atoms with Crippen molar-refractivity contribution < 1.29 is 19.1 Å². The number of rotatable bonds is 6. The van der Waals surface area contributed by atoms with Gasteiger partial charge in [-0.15, -0.1) is 0 Å². The lowest BCUT2D eigenvalue weighted by molar-refractivity contribution is -0.122. The highest BCUT2D eigenvalue weighted by Gasteiger charge is 2.32. The second kappa shape index (κ2) is 8.48. The van der Waals surface area contributed by atoms with Gasteiger partial charge in [-0.25, -0.2) is 4.79 Å². The molecule has 28 heavy (non-hydrogen) atoms. The third-order valence-corrected chi connectivity index (χ3v) is 4.93. The lowest BCUT2D eigenvalue weighted by atomic mass is 10.1. The number of aryl methyl sites for hydroxylation is 1. The molecule has 0 unspecified atom stereocenters. The molecule has 0 atom stereocenters. The molecule has 0 aromatic heterocycles. The Labute approximate surface area is 172 Å². The highest BCUT2D eigenvalue weighted by molar-refractivity contribution is 9.10. The molecule has 1 aliphatic rings. The SMILES string of the molecule is CCN1C(=O)N/C(=C/c2cc(Br)c(OCc3ccc(C)cc3)c(OC)c2)C1=O. The van der Waals surface area contributed by atoms with Crippen LogP contribution in [0, 0.1) is 6.92 Å². The molecule has 7 heteroatoms. The van der Waals surface area contributed by atoms with Gasteiger partial charge in [-0.3, -0.25) is 9.69 Å². The monoisotopic (exact) mass is 444 g/mol. The number of amides is 3. The number of methoxy groups -OCH3 is 1. The van der Waals surface area contributed by atoms with Crippen LogP contribution in [0.1, 0.15) is 23.6 Å². The fourth-order valence-electron chi connectivity index (χ4n) is 2.83. The molecule has 3 amide bonds.